The molecular formula is C30H27FN2O5. The minimum atomic E-state index is -0.518. The van der Waals surface area contributed by atoms with Crippen molar-refractivity contribution in [3.05, 3.63) is 83.3 Å². The molecule has 7 nitrogen and oxygen atoms in total. The Hall–Kier alpha value is -4.72. The van der Waals surface area contributed by atoms with Gasteiger partial charge in [0.25, 0.3) is 0 Å². The zero-order valence-corrected chi connectivity index (χ0v) is 21.7. The Labute approximate surface area is 219 Å². The van der Waals surface area contributed by atoms with Gasteiger partial charge in [-0.25, -0.2) is 4.39 Å². The number of esters is 1. The van der Waals surface area contributed by atoms with Crippen molar-refractivity contribution in [1.29, 1.82) is 0 Å². The van der Waals surface area contributed by atoms with E-state index < -0.39 is 11.9 Å². The molecule has 0 saturated heterocycles. The van der Waals surface area contributed by atoms with Gasteiger partial charge in [0.05, 0.1) is 31.6 Å². The molecule has 1 heterocycles. The highest BCUT2D eigenvalue weighted by molar-refractivity contribution is 6.09. The fourth-order valence-corrected chi connectivity index (χ4v) is 4.27. The summed E-state index contributed by atoms with van der Waals surface area (Å²) in [7, 11) is 2.88. The van der Waals surface area contributed by atoms with Crippen molar-refractivity contribution in [2.45, 2.75) is 20.8 Å². The van der Waals surface area contributed by atoms with Crippen LogP contribution < -0.4 is 19.5 Å². The van der Waals surface area contributed by atoms with Gasteiger partial charge in [-0.3, -0.25) is 14.6 Å². The van der Waals surface area contributed by atoms with Crippen molar-refractivity contribution in [3.8, 4) is 28.4 Å². The van der Waals surface area contributed by atoms with Crippen LogP contribution in [0.25, 0.3) is 28.1 Å². The number of amides is 1. The number of hydrogen-bond donors (Lipinski definition) is 1. The number of hydrogen-bond acceptors (Lipinski definition) is 6. The number of methoxy groups -OCH3 is 2. The van der Waals surface area contributed by atoms with Crippen molar-refractivity contribution in [2.24, 2.45) is 0 Å². The summed E-state index contributed by atoms with van der Waals surface area (Å²) in [5.41, 5.74) is 5.42. The van der Waals surface area contributed by atoms with Crippen LogP contribution >= 0.6 is 0 Å². The van der Waals surface area contributed by atoms with Crippen molar-refractivity contribution in [1.82, 2.24) is 4.98 Å². The molecule has 4 rings (SSSR count). The summed E-state index contributed by atoms with van der Waals surface area (Å²) in [4.78, 5) is 29.1. The lowest BCUT2D eigenvalue weighted by Gasteiger charge is -2.15. The van der Waals surface area contributed by atoms with Crippen LogP contribution in [-0.4, -0.2) is 31.1 Å². The predicted octanol–water partition coefficient (Wildman–Crippen LogP) is 6.25. The molecule has 0 aliphatic carbocycles. The monoisotopic (exact) mass is 514 g/mol. The molecule has 0 radical (unpaired) electrons. The maximum atomic E-state index is 13.7. The summed E-state index contributed by atoms with van der Waals surface area (Å²) < 4.78 is 29.6. The number of pyridine rings is 1. The van der Waals surface area contributed by atoms with E-state index in [-0.39, 0.29) is 23.1 Å². The molecule has 0 atom stereocenters. The van der Waals surface area contributed by atoms with E-state index in [2.05, 4.69) is 10.3 Å². The van der Waals surface area contributed by atoms with E-state index in [1.165, 1.54) is 39.4 Å². The smallest absolute Gasteiger partial charge is 0.308 e. The third-order valence-corrected chi connectivity index (χ3v) is 5.85. The van der Waals surface area contributed by atoms with E-state index in [1.54, 1.807) is 36.5 Å². The van der Waals surface area contributed by atoms with Gasteiger partial charge < -0.3 is 19.5 Å². The Bertz CT molecular complexity index is 1540. The fourth-order valence-electron chi connectivity index (χ4n) is 4.27. The molecule has 1 amide bonds. The highest BCUT2D eigenvalue weighted by atomic mass is 19.1. The summed E-state index contributed by atoms with van der Waals surface area (Å²) in [5, 5.41) is 3.76. The van der Waals surface area contributed by atoms with E-state index in [0.29, 0.717) is 11.3 Å². The number of benzene rings is 3. The van der Waals surface area contributed by atoms with E-state index >= 15 is 0 Å². The summed E-state index contributed by atoms with van der Waals surface area (Å²) in [6, 6.07) is 13.4. The number of carbonyl (C=O) groups is 2. The van der Waals surface area contributed by atoms with E-state index in [9.17, 15) is 14.0 Å². The largest absolute Gasteiger partial charge is 0.493 e. The molecular weight excluding hydrogens is 487 g/mol. The number of aromatic nitrogens is 1. The van der Waals surface area contributed by atoms with Crippen LogP contribution in [-0.2, 0) is 9.59 Å². The lowest BCUT2D eigenvalue weighted by Crippen LogP contribution is -2.10. The molecule has 0 aliphatic rings. The van der Waals surface area contributed by atoms with Gasteiger partial charge in [0, 0.05) is 23.9 Å². The number of ether oxygens (including phenoxy) is 3. The number of carbonyl (C=O) groups excluding carboxylic acids is 2. The summed E-state index contributed by atoms with van der Waals surface area (Å²) in [6.07, 6.45) is 4.55. The highest BCUT2D eigenvalue weighted by Gasteiger charge is 2.17. The zero-order chi connectivity index (χ0) is 27.4. The summed E-state index contributed by atoms with van der Waals surface area (Å²) in [5.74, 6) is -0.554. The summed E-state index contributed by atoms with van der Waals surface area (Å²) >= 11 is 0. The first kappa shape index (κ1) is 26.3. The van der Waals surface area contributed by atoms with Gasteiger partial charge in [0.15, 0.2) is 11.5 Å². The Kier molecular flexibility index (Phi) is 7.71. The molecule has 194 valence electrons. The Morgan fingerprint density at radius 2 is 1.63 bits per heavy atom. The minimum absolute atomic E-state index is 0.154. The van der Waals surface area contributed by atoms with Crippen LogP contribution in [0.5, 0.6) is 17.2 Å². The number of anilines is 1. The number of nitrogens with zero attached hydrogens (tertiary/aromatic N) is 1. The normalized spacial score (nSPS) is 11.0. The second kappa shape index (κ2) is 11.1. The molecule has 1 N–H and O–H groups in total. The highest BCUT2D eigenvalue weighted by Crippen LogP contribution is 2.39. The molecule has 4 aromatic rings. The average Bonchev–Trinajstić information content (AvgIpc) is 2.88. The molecule has 0 bridgehead atoms. The molecule has 0 unspecified atom stereocenters. The van der Waals surface area contributed by atoms with Crippen LogP contribution in [0.2, 0.25) is 0 Å². The number of nitrogens with one attached hydrogen (secondary N) is 1. The van der Waals surface area contributed by atoms with Gasteiger partial charge in [-0.2, -0.15) is 0 Å². The van der Waals surface area contributed by atoms with Crippen molar-refractivity contribution in [3.63, 3.8) is 0 Å². The fraction of sp³-hybridized carbons (Fsp3) is 0.167. The summed E-state index contributed by atoms with van der Waals surface area (Å²) in [6.45, 7) is 5.25. The van der Waals surface area contributed by atoms with Crippen LogP contribution in [0.3, 0.4) is 0 Å². The van der Waals surface area contributed by atoms with Gasteiger partial charge in [-0.15, -0.1) is 0 Å². The Balaban J connectivity index is 1.71. The number of aryl methyl sites for hydroxylation is 2. The van der Waals surface area contributed by atoms with Gasteiger partial charge >= 0.3 is 5.97 Å². The quantitative estimate of drug-likeness (QED) is 0.178. The predicted molar refractivity (Wildman–Crippen MR) is 145 cm³/mol. The van der Waals surface area contributed by atoms with E-state index in [0.717, 1.165) is 33.2 Å². The first-order chi connectivity index (χ1) is 18.2. The molecule has 0 saturated carbocycles. The standard InChI is InChI=1S/C30H27FN2O5/c1-17-12-18(2)29-23(13-17)28(21-7-9-22(31)10-8-21)24(16-32-29)33-27(35)11-6-20-14-25(36-4)30(38-19(3)34)26(15-20)37-5/h6-16H,1-5H3,(H,33,35)/b11-6+. The molecule has 1 aromatic heterocycles. The maximum absolute atomic E-state index is 13.7. The van der Waals surface area contributed by atoms with Crippen molar-refractivity contribution in [2.75, 3.05) is 19.5 Å². The molecule has 3 aromatic carbocycles. The lowest BCUT2D eigenvalue weighted by molar-refractivity contribution is -0.132. The topological polar surface area (TPSA) is 86.8 Å². The Morgan fingerprint density at radius 1 is 0.974 bits per heavy atom. The van der Waals surface area contributed by atoms with Crippen LogP contribution in [0.15, 0.2) is 60.8 Å². The van der Waals surface area contributed by atoms with Gasteiger partial charge in [0.1, 0.15) is 5.82 Å². The second-order valence-corrected chi connectivity index (χ2v) is 8.70. The number of fused-ring (bicyclic) bond motifs is 1. The third-order valence-electron chi connectivity index (χ3n) is 5.85. The van der Waals surface area contributed by atoms with Gasteiger partial charge in [-0.05, 0) is 66.9 Å². The van der Waals surface area contributed by atoms with Crippen LogP contribution in [0.4, 0.5) is 10.1 Å². The average molecular weight is 515 g/mol. The number of halogens is 1. The Morgan fingerprint density at radius 3 is 2.24 bits per heavy atom. The van der Waals surface area contributed by atoms with Crippen molar-refractivity contribution >= 4 is 34.5 Å². The van der Waals surface area contributed by atoms with Gasteiger partial charge in [0.2, 0.25) is 11.7 Å². The second-order valence-electron chi connectivity index (χ2n) is 8.70. The molecule has 0 fully saturated rings. The number of rotatable bonds is 7. The molecule has 38 heavy (non-hydrogen) atoms. The van der Waals surface area contributed by atoms with Crippen molar-refractivity contribution < 1.29 is 28.2 Å². The first-order valence-corrected chi connectivity index (χ1v) is 11.8. The third kappa shape index (κ3) is 5.64. The van der Waals surface area contributed by atoms with Gasteiger partial charge in [-0.1, -0.05) is 23.8 Å². The van der Waals surface area contributed by atoms with E-state index in [4.69, 9.17) is 14.2 Å². The molecule has 8 heteroatoms. The van der Waals surface area contributed by atoms with Crippen LogP contribution in [0.1, 0.15) is 23.6 Å². The maximum Gasteiger partial charge on any atom is 0.308 e. The first-order valence-electron chi connectivity index (χ1n) is 11.8. The van der Waals surface area contributed by atoms with E-state index in [1.807, 2.05) is 26.0 Å². The molecule has 0 aliphatic heterocycles. The molecule has 0 spiro atoms. The lowest BCUT2D eigenvalue weighted by atomic mass is 9.96. The SMILES string of the molecule is COc1cc(/C=C/C(=O)Nc2cnc3c(C)cc(C)cc3c2-c2ccc(F)cc2)cc(OC)c1OC(C)=O. The van der Waals surface area contributed by atoms with Crippen LogP contribution in [0, 0.1) is 19.7 Å². The zero-order valence-electron chi connectivity index (χ0n) is 21.7. The minimum Gasteiger partial charge on any atom is -0.493 e.